The number of rotatable bonds is 6. The van der Waals surface area contributed by atoms with Crippen LogP contribution in [0.4, 0.5) is 0 Å². The molecule has 1 aliphatic rings. The number of nitrogens with zero attached hydrogens (tertiary/aromatic N) is 2. The normalized spacial score (nSPS) is 23.2. The van der Waals surface area contributed by atoms with Gasteiger partial charge in [0.25, 0.3) is 0 Å². The van der Waals surface area contributed by atoms with Crippen molar-refractivity contribution in [3.8, 4) is 0 Å². The van der Waals surface area contributed by atoms with Crippen molar-refractivity contribution in [3.05, 3.63) is 18.7 Å². The van der Waals surface area contributed by atoms with Crippen molar-refractivity contribution in [1.82, 2.24) is 14.9 Å². The van der Waals surface area contributed by atoms with Gasteiger partial charge in [-0.05, 0) is 32.1 Å². The van der Waals surface area contributed by atoms with Crippen LogP contribution in [0.5, 0.6) is 0 Å². The lowest BCUT2D eigenvalue weighted by molar-refractivity contribution is -0.124. The number of imidazole rings is 1. The van der Waals surface area contributed by atoms with Gasteiger partial charge in [-0.3, -0.25) is 4.79 Å². The van der Waals surface area contributed by atoms with Crippen LogP contribution < -0.4 is 11.1 Å². The molecule has 18 heavy (non-hydrogen) atoms. The molecule has 0 spiro atoms. The molecule has 1 amide bonds. The SMILES string of the molecule is NC1CCC(C(=O)NCCCCn2ccnc2)C1. The number of nitrogens with two attached hydrogens (primary N) is 1. The molecule has 1 fully saturated rings. The number of carbonyl (C=O) groups excluding carboxylic acids is 1. The molecule has 2 unspecified atom stereocenters. The van der Waals surface area contributed by atoms with Crippen molar-refractivity contribution >= 4 is 5.91 Å². The molecule has 3 N–H and O–H groups in total. The maximum Gasteiger partial charge on any atom is 0.223 e. The van der Waals surface area contributed by atoms with Crippen LogP contribution in [0, 0.1) is 5.92 Å². The molecule has 5 heteroatoms. The summed E-state index contributed by atoms with van der Waals surface area (Å²) >= 11 is 0. The first-order chi connectivity index (χ1) is 8.75. The van der Waals surface area contributed by atoms with Gasteiger partial charge in [0.2, 0.25) is 5.91 Å². The average molecular weight is 250 g/mol. The number of hydrogen-bond donors (Lipinski definition) is 2. The zero-order chi connectivity index (χ0) is 12.8. The van der Waals surface area contributed by atoms with E-state index in [1.54, 1.807) is 6.20 Å². The van der Waals surface area contributed by atoms with Gasteiger partial charge in [-0.25, -0.2) is 4.98 Å². The number of unbranched alkanes of at least 4 members (excludes halogenated alkanes) is 1. The van der Waals surface area contributed by atoms with Crippen LogP contribution in [0.25, 0.3) is 0 Å². The molecule has 1 aliphatic carbocycles. The summed E-state index contributed by atoms with van der Waals surface area (Å²) in [4.78, 5) is 15.8. The lowest BCUT2D eigenvalue weighted by Gasteiger charge is -2.10. The standard InChI is InChI=1S/C13H22N4O/c14-12-4-3-11(9-12)13(18)16-5-1-2-7-17-8-6-15-10-17/h6,8,10-12H,1-5,7,9,14H2,(H,16,18). The first kappa shape index (κ1) is 13.1. The Kier molecular flexibility index (Phi) is 4.75. The van der Waals surface area contributed by atoms with Gasteiger partial charge in [-0.2, -0.15) is 0 Å². The molecule has 0 radical (unpaired) electrons. The molecule has 0 aromatic carbocycles. The van der Waals surface area contributed by atoms with Gasteiger partial charge in [0.05, 0.1) is 6.33 Å². The third-order valence-electron chi connectivity index (χ3n) is 3.55. The van der Waals surface area contributed by atoms with E-state index >= 15 is 0 Å². The molecule has 2 rings (SSSR count). The molecule has 1 heterocycles. The minimum atomic E-state index is 0.147. The maximum absolute atomic E-state index is 11.8. The highest BCUT2D eigenvalue weighted by molar-refractivity contribution is 5.78. The quantitative estimate of drug-likeness (QED) is 0.737. The predicted octanol–water partition coefficient (Wildman–Crippen LogP) is 0.907. The van der Waals surface area contributed by atoms with Crippen LogP contribution >= 0.6 is 0 Å². The van der Waals surface area contributed by atoms with Crippen LogP contribution in [0.3, 0.4) is 0 Å². The molecular formula is C13H22N4O. The summed E-state index contributed by atoms with van der Waals surface area (Å²) in [6.45, 7) is 1.73. The van der Waals surface area contributed by atoms with E-state index in [-0.39, 0.29) is 17.9 Å². The van der Waals surface area contributed by atoms with Crippen molar-refractivity contribution in [2.24, 2.45) is 11.7 Å². The second-order valence-electron chi connectivity index (χ2n) is 5.07. The van der Waals surface area contributed by atoms with Crippen LogP contribution in [-0.4, -0.2) is 28.0 Å². The maximum atomic E-state index is 11.8. The van der Waals surface area contributed by atoms with Crippen LogP contribution in [0.1, 0.15) is 32.1 Å². The molecule has 100 valence electrons. The summed E-state index contributed by atoms with van der Waals surface area (Å²) < 4.78 is 2.05. The minimum absolute atomic E-state index is 0.147. The van der Waals surface area contributed by atoms with Crippen molar-refractivity contribution in [2.45, 2.75) is 44.7 Å². The Labute approximate surface area is 108 Å². The van der Waals surface area contributed by atoms with Gasteiger partial charge in [0.15, 0.2) is 0 Å². The molecule has 5 nitrogen and oxygen atoms in total. The number of hydrogen-bond acceptors (Lipinski definition) is 3. The molecule has 1 aromatic heterocycles. The molecule has 0 saturated heterocycles. The Morgan fingerprint density at radius 2 is 2.33 bits per heavy atom. The summed E-state index contributed by atoms with van der Waals surface area (Å²) in [6, 6.07) is 0.224. The highest BCUT2D eigenvalue weighted by Gasteiger charge is 2.27. The molecule has 0 aliphatic heterocycles. The third kappa shape index (κ3) is 3.84. The zero-order valence-electron chi connectivity index (χ0n) is 10.7. The Morgan fingerprint density at radius 3 is 3.00 bits per heavy atom. The van der Waals surface area contributed by atoms with E-state index in [0.717, 1.165) is 45.2 Å². The van der Waals surface area contributed by atoms with Crippen molar-refractivity contribution in [1.29, 1.82) is 0 Å². The summed E-state index contributed by atoms with van der Waals surface area (Å²) in [5.41, 5.74) is 5.80. The second-order valence-corrected chi connectivity index (χ2v) is 5.07. The molecular weight excluding hydrogens is 228 g/mol. The topological polar surface area (TPSA) is 72.9 Å². The van der Waals surface area contributed by atoms with Crippen molar-refractivity contribution < 1.29 is 4.79 Å². The van der Waals surface area contributed by atoms with Crippen LogP contribution in [0.15, 0.2) is 18.7 Å². The Morgan fingerprint density at radius 1 is 1.44 bits per heavy atom. The van der Waals surface area contributed by atoms with Crippen LogP contribution in [-0.2, 0) is 11.3 Å². The fourth-order valence-electron chi connectivity index (χ4n) is 2.45. The Balaban J connectivity index is 1.54. The number of aryl methyl sites for hydroxylation is 1. The third-order valence-corrected chi connectivity index (χ3v) is 3.55. The summed E-state index contributed by atoms with van der Waals surface area (Å²) in [6.07, 6.45) is 10.4. The highest BCUT2D eigenvalue weighted by atomic mass is 16.1. The minimum Gasteiger partial charge on any atom is -0.356 e. The number of carbonyl (C=O) groups is 1. The monoisotopic (exact) mass is 250 g/mol. The van der Waals surface area contributed by atoms with Gasteiger partial charge >= 0.3 is 0 Å². The van der Waals surface area contributed by atoms with E-state index < -0.39 is 0 Å². The first-order valence-corrected chi connectivity index (χ1v) is 6.75. The fourth-order valence-corrected chi connectivity index (χ4v) is 2.45. The van der Waals surface area contributed by atoms with Gasteiger partial charge in [0.1, 0.15) is 0 Å². The van der Waals surface area contributed by atoms with Gasteiger partial charge in [0, 0.05) is 37.4 Å². The van der Waals surface area contributed by atoms with Crippen LogP contribution in [0.2, 0.25) is 0 Å². The Hall–Kier alpha value is -1.36. The van der Waals surface area contributed by atoms with Crippen molar-refractivity contribution in [2.75, 3.05) is 6.54 Å². The number of nitrogens with one attached hydrogen (secondary N) is 1. The summed E-state index contributed by atoms with van der Waals surface area (Å²) in [7, 11) is 0. The largest absolute Gasteiger partial charge is 0.356 e. The molecule has 1 saturated carbocycles. The predicted molar refractivity (Wildman–Crippen MR) is 69.8 cm³/mol. The molecule has 1 aromatic rings. The lowest BCUT2D eigenvalue weighted by atomic mass is 10.1. The van der Waals surface area contributed by atoms with E-state index in [9.17, 15) is 4.79 Å². The van der Waals surface area contributed by atoms with E-state index in [0.29, 0.717) is 0 Å². The van der Waals surface area contributed by atoms with E-state index in [1.807, 2.05) is 12.5 Å². The average Bonchev–Trinajstić information content (AvgIpc) is 2.99. The zero-order valence-corrected chi connectivity index (χ0v) is 10.7. The fraction of sp³-hybridized carbons (Fsp3) is 0.692. The van der Waals surface area contributed by atoms with E-state index in [2.05, 4.69) is 14.9 Å². The van der Waals surface area contributed by atoms with Gasteiger partial charge in [-0.15, -0.1) is 0 Å². The summed E-state index contributed by atoms with van der Waals surface area (Å²) in [5, 5.41) is 3.01. The van der Waals surface area contributed by atoms with Crippen molar-refractivity contribution in [3.63, 3.8) is 0 Å². The Bertz CT molecular complexity index is 363. The highest BCUT2D eigenvalue weighted by Crippen LogP contribution is 2.23. The first-order valence-electron chi connectivity index (χ1n) is 6.75. The molecule has 2 atom stereocenters. The smallest absolute Gasteiger partial charge is 0.223 e. The summed E-state index contributed by atoms with van der Waals surface area (Å²) in [5.74, 6) is 0.333. The second kappa shape index (κ2) is 6.54. The van der Waals surface area contributed by atoms with E-state index in [4.69, 9.17) is 5.73 Å². The number of amides is 1. The van der Waals surface area contributed by atoms with Gasteiger partial charge in [-0.1, -0.05) is 0 Å². The van der Waals surface area contributed by atoms with Gasteiger partial charge < -0.3 is 15.6 Å². The van der Waals surface area contributed by atoms with E-state index in [1.165, 1.54) is 0 Å². The number of aromatic nitrogens is 2. The molecule has 0 bridgehead atoms. The lowest BCUT2D eigenvalue weighted by Crippen LogP contribution is -2.31.